The number of ether oxygens (including phenoxy) is 3. The monoisotopic (exact) mass is 388 g/mol. The van der Waals surface area contributed by atoms with Gasteiger partial charge in [-0.3, -0.25) is 9.59 Å². The Balaban J connectivity index is 2.19. The Bertz CT molecular complexity index is 972. The van der Waals surface area contributed by atoms with Crippen LogP contribution in [-0.4, -0.2) is 23.6 Å². The Morgan fingerprint density at radius 1 is 1.18 bits per heavy atom. The van der Waals surface area contributed by atoms with Gasteiger partial charge in [0.1, 0.15) is 16.9 Å². The first kappa shape index (κ1) is 19.9. The van der Waals surface area contributed by atoms with Crippen LogP contribution in [0.15, 0.2) is 33.5 Å². The Morgan fingerprint density at radius 2 is 1.86 bits per heavy atom. The summed E-state index contributed by atoms with van der Waals surface area (Å²) in [5.41, 5.74) is -0.887. The van der Waals surface area contributed by atoms with Crippen molar-refractivity contribution < 1.29 is 28.2 Å². The Kier molecular flexibility index (Phi) is 5.19. The van der Waals surface area contributed by atoms with E-state index in [1.807, 2.05) is 6.92 Å². The van der Waals surface area contributed by atoms with E-state index in [4.69, 9.17) is 18.6 Å². The number of carbonyl (C=O) groups is 2. The van der Waals surface area contributed by atoms with Gasteiger partial charge in [0.05, 0.1) is 11.5 Å². The molecule has 2 heterocycles. The minimum Gasteiger partial charge on any atom is -0.483 e. The summed E-state index contributed by atoms with van der Waals surface area (Å²) in [5.74, 6) is -0.866. The summed E-state index contributed by atoms with van der Waals surface area (Å²) in [4.78, 5) is 36.2. The quantitative estimate of drug-likeness (QED) is 0.584. The predicted molar refractivity (Wildman–Crippen MR) is 101 cm³/mol. The van der Waals surface area contributed by atoms with Crippen LogP contribution in [0, 0.1) is 5.92 Å². The highest BCUT2D eigenvalue weighted by Gasteiger charge is 2.50. The van der Waals surface area contributed by atoms with Crippen molar-refractivity contribution in [2.75, 3.05) is 0 Å². The summed E-state index contributed by atoms with van der Waals surface area (Å²) in [7, 11) is 0. The van der Waals surface area contributed by atoms with Crippen LogP contribution in [-0.2, 0) is 19.1 Å². The van der Waals surface area contributed by atoms with E-state index in [9.17, 15) is 14.4 Å². The van der Waals surface area contributed by atoms with Crippen molar-refractivity contribution in [3.05, 3.63) is 40.2 Å². The summed E-state index contributed by atoms with van der Waals surface area (Å²) in [5, 5.41) is 0.644. The minimum atomic E-state index is -0.974. The number of esters is 2. The molecule has 0 N–H and O–H groups in total. The van der Waals surface area contributed by atoms with Gasteiger partial charge < -0.3 is 18.6 Å². The first-order valence-electron chi connectivity index (χ1n) is 9.27. The van der Waals surface area contributed by atoms with E-state index >= 15 is 0 Å². The Labute approximate surface area is 162 Å². The third-order valence-electron chi connectivity index (χ3n) is 4.96. The standard InChI is InChI=1S/C21H24O7/c1-6-11(2)20(24)27-19-18(25-12(3)22)16-14(28-21(19,4)5)9-7-13-8-10-15(23)26-17(13)16/h7-11,18-19H,6H2,1-5H3/t11?,18-,19-/m0/s1. The van der Waals surface area contributed by atoms with Crippen LogP contribution in [0.2, 0.25) is 0 Å². The van der Waals surface area contributed by atoms with Crippen molar-refractivity contribution in [2.45, 2.75) is 58.8 Å². The molecule has 28 heavy (non-hydrogen) atoms. The Hall–Kier alpha value is -2.83. The lowest BCUT2D eigenvalue weighted by Gasteiger charge is -2.43. The smallest absolute Gasteiger partial charge is 0.336 e. The van der Waals surface area contributed by atoms with Crippen LogP contribution < -0.4 is 10.4 Å². The zero-order valence-electron chi connectivity index (χ0n) is 16.6. The van der Waals surface area contributed by atoms with E-state index < -0.39 is 35.4 Å². The van der Waals surface area contributed by atoms with Crippen molar-refractivity contribution in [1.29, 1.82) is 0 Å². The van der Waals surface area contributed by atoms with Crippen molar-refractivity contribution in [2.24, 2.45) is 5.92 Å². The number of hydrogen-bond donors (Lipinski definition) is 0. The number of benzene rings is 1. The molecule has 0 amide bonds. The molecule has 1 aliphatic heterocycles. The third kappa shape index (κ3) is 3.61. The zero-order valence-corrected chi connectivity index (χ0v) is 16.6. The van der Waals surface area contributed by atoms with E-state index in [0.29, 0.717) is 23.1 Å². The topological polar surface area (TPSA) is 92.0 Å². The lowest BCUT2D eigenvalue weighted by atomic mass is 9.87. The van der Waals surface area contributed by atoms with Gasteiger partial charge in [0, 0.05) is 18.4 Å². The fourth-order valence-electron chi connectivity index (χ4n) is 3.26. The molecule has 1 aromatic carbocycles. The number of hydrogen-bond acceptors (Lipinski definition) is 7. The average molecular weight is 388 g/mol. The SMILES string of the molecule is CCC(C)C(=O)O[C@H]1[C@@H](OC(C)=O)c2c(ccc3ccc(=O)oc23)OC1(C)C. The van der Waals surface area contributed by atoms with Crippen molar-refractivity contribution in [1.82, 2.24) is 0 Å². The van der Waals surface area contributed by atoms with E-state index in [0.717, 1.165) is 0 Å². The van der Waals surface area contributed by atoms with E-state index in [2.05, 4.69) is 0 Å². The fourth-order valence-corrected chi connectivity index (χ4v) is 3.26. The second-order valence-corrected chi connectivity index (χ2v) is 7.55. The maximum atomic E-state index is 12.5. The van der Waals surface area contributed by atoms with Crippen LogP contribution in [0.3, 0.4) is 0 Å². The van der Waals surface area contributed by atoms with Gasteiger partial charge in [-0.05, 0) is 38.5 Å². The average Bonchev–Trinajstić information content (AvgIpc) is 2.62. The molecule has 1 unspecified atom stereocenters. The zero-order chi connectivity index (χ0) is 20.6. The lowest BCUT2D eigenvalue weighted by Crippen LogP contribution is -2.52. The predicted octanol–water partition coefficient (Wildman–Crippen LogP) is 3.53. The van der Waals surface area contributed by atoms with Gasteiger partial charge >= 0.3 is 17.6 Å². The van der Waals surface area contributed by atoms with Crippen molar-refractivity contribution >= 4 is 22.9 Å². The molecule has 0 saturated heterocycles. The maximum absolute atomic E-state index is 12.5. The van der Waals surface area contributed by atoms with Gasteiger partial charge in [-0.1, -0.05) is 13.8 Å². The molecule has 0 radical (unpaired) electrons. The summed E-state index contributed by atoms with van der Waals surface area (Å²) < 4.78 is 22.8. The van der Waals surface area contributed by atoms with Crippen LogP contribution in [0.4, 0.5) is 0 Å². The van der Waals surface area contributed by atoms with Gasteiger partial charge in [0.15, 0.2) is 12.2 Å². The number of carbonyl (C=O) groups excluding carboxylic acids is 2. The van der Waals surface area contributed by atoms with Crippen molar-refractivity contribution in [3.8, 4) is 5.75 Å². The largest absolute Gasteiger partial charge is 0.483 e. The van der Waals surface area contributed by atoms with Crippen LogP contribution >= 0.6 is 0 Å². The third-order valence-corrected chi connectivity index (χ3v) is 4.96. The van der Waals surface area contributed by atoms with Crippen LogP contribution in [0.1, 0.15) is 52.7 Å². The molecule has 150 valence electrons. The molecule has 1 aliphatic rings. The molecule has 0 bridgehead atoms. The van der Waals surface area contributed by atoms with E-state index in [1.165, 1.54) is 13.0 Å². The summed E-state index contributed by atoms with van der Waals surface area (Å²) in [6, 6.07) is 6.40. The van der Waals surface area contributed by atoms with Crippen LogP contribution in [0.5, 0.6) is 5.75 Å². The normalized spacial score (nSPS) is 21.3. The molecule has 0 spiro atoms. The first-order valence-corrected chi connectivity index (χ1v) is 9.27. The molecule has 7 nitrogen and oxygen atoms in total. The van der Waals surface area contributed by atoms with Gasteiger partial charge in [-0.2, -0.15) is 0 Å². The highest BCUT2D eigenvalue weighted by atomic mass is 16.6. The van der Waals surface area contributed by atoms with Gasteiger partial charge in [-0.25, -0.2) is 4.79 Å². The second-order valence-electron chi connectivity index (χ2n) is 7.55. The fraction of sp³-hybridized carbons (Fsp3) is 0.476. The molecular weight excluding hydrogens is 364 g/mol. The molecule has 0 fully saturated rings. The Morgan fingerprint density at radius 3 is 2.50 bits per heavy atom. The summed E-state index contributed by atoms with van der Waals surface area (Å²) in [6.07, 6.45) is -1.28. The molecule has 1 aromatic heterocycles. The molecule has 3 rings (SSSR count). The highest BCUT2D eigenvalue weighted by Crippen LogP contribution is 2.46. The van der Waals surface area contributed by atoms with Gasteiger partial charge in [0.2, 0.25) is 0 Å². The molecule has 0 saturated carbocycles. The molecule has 2 aromatic rings. The maximum Gasteiger partial charge on any atom is 0.336 e. The van der Waals surface area contributed by atoms with E-state index in [-0.39, 0.29) is 11.5 Å². The van der Waals surface area contributed by atoms with E-state index in [1.54, 1.807) is 39.0 Å². The summed E-state index contributed by atoms with van der Waals surface area (Å²) >= 11 is 0. The van der Waals surface area contributed by atoms with Gasteiger partial charge in [-0.15, -0.1) is 0 Å². The molecule has 3 atom stereocenters. The highest BCUT2D eigenvalue weighted by molar-refractivity contribution is 5.83. The first-order chi connectivity index (χ1) is 13.1. The molecule has 0 aliphatic carbocycles. The van der Waals surface area contributed by atoms with Gasteiger partial charge in [0.25, 0.3) is 0 Å². The van der Waals surface area contributed by atoms with Crippen LogP contribution in [0.25, 0.3) is 11.0 Å². The second kappa shape index (κ2) is 7.30. The molecular formula is C21H24O7. The lowest BCUT2D eigenvalue weighted by molar-refractivity contribution is -0.192. The van der Waals surface area contributed by atoms with Crippen molar-refractivity contribution in [3.63, 3.8) is 0 Å². The minimum absolute atomic E-state index is 0.247. The number of rotatable bonds is 4. The number of fused-ring (bicyclic) bond motifs is 3. The summed E-state index contributed by atoms with van der Waals surface area (Å²) in [6.45, 7) is 8.44. The molecule has 7 heteroatoms.